The predicted octanol–water partition coefficient (Wildman–Crippen LogP) is 8.40. The molecule has 2 N–H and O–H groups in total. The summed E-state index contributed by atoms with van der Waals surface area (Å²) in [5.41, 5.74) is 4.85. The van der Waals surface area contributed by atoms with Crippen molar-refractivity contribution in [3.63, 3.8) is 0 Å². The topological polar surface area (TPSA) is 128 Å². The molecule has 7 rings (SSSR count). The summed E-state index contributed by atoms with van der Waals surface area (Å²) in [6.45, 7) is 11.5. The first-order valence-corrected chi connectivity index (χ1v) is 26.1. The number of rotatable bonds is 19. The van der Waals surface area contributed by atoms with Crippen molar-refractivity contribution in [2.45, 2.75) is 66.2 Å². The number of nitrogens with zero attached hydrogens (tertiary/aromatic N) is 4. The lowest BCUT2D eigenvalue weighted by atomic mass is 9.99. The molecule has 4 atom stereocenters. The molecule has 0 saturated carbocycles. The average Bonchev–Trinajstić information content (AvgIpc) is 3.32. The van der Waals surface area contributed by atoms with Crippen LogP contribution in [0, 0.1) is 0 Å². The lowest BCUT2D eigenvalue weighted by Gasteiger charge is -2.40. The molecule has 0 radical (unpaired) electrons. The number of carbonyl (C=O) groups is 1. The van der Waals surface area contributed by atoms with Gasteiger partial charge in [0.15, 0.2) is 0 Å². The van der Waals surface area contributed by atoms with Crippen LogP contribution in [0.5, 0.6) is 0 Å². The normalized spacial score (nSPS) is 18.3. The van der Waals surface area contributed by atoms with Gasteiger partial charge < -0.3 is 19.7 Å². The van der Waals surface area contributed by atoms with Gasteiger partial charge in [0.05, 0.1) is 4.90 Å². The fourth-order valence-corrected chi connectivity index (χ4v) is 11.4. The number of piperazine rings is 1. The lowest BCUT2D eigenvalue weighted by Crippen LogP contribution is -2.52. The third kappa shape index (κ3) is 13.0. The Bertz CT molecular complexity index is 2480. The highest BCUT2D eigenvalue weighted by molar-refractivity contribution is 7.99. The van der Waals surface area contributed by atoms with Crippen molar-refractivity contribution in [3.05, 3.63) is 137 Å². The number of amides is 1. The van der Waals surface area contributed by atoms with Crippen LogP contribution in [0.15, 0.2) is 136 Å². The SMILES string of the molecule is CCN(CC)C1CCN(CC[C@H](CSc2ccccc2)Nc2ccc(S(=O)(=O)NC(=O)c3ccc(N4CCN(Cc5ccccc5-c5ccc(Cl)cc5)CC4)cc3)cc2S(=O)[O-])CC1F. The molecule has 5 aromatic carbocycles. The first-order chi connectivity index (χ1) is 31.4. The lowest BCUT2D eigenvalue weighted by molar-refractivity contribution is 0.0383. The fourth-order valence-electron chi connectivity index (χ4n) is 8.70. The molecule has 0 bridgehead atoms. The number of sulfonamides is 1. The van der Waals surface area contributed by atoms with Crippen molar-refractivity contribution < 1.29 is 26.4 Å². The number of benzene rings is 5. The molecule has 2 fully saturated rings. The van der Waals surface area contributed by atoms with E-state index in [2.05, 4.69) is 61.7 Å². The number of thioether (sulfide) groups is 1. The zero-order chi connectivity index (χ0) is 45.9. The Hall–Kier alpha value is -4.32. The van der Waals surface area contributed by atoms with E-state index in [9.17, 15) is 22.0 Å². The van der Waals surface area contributed by atoms with E-state index in [1.54, 1.807) is 23.9 Å². The van der Waals surface area contributed by atoms with Crippen molar-refractivity contribution in [2.75, 3.05) is 74.9 Å². The maximum atomic E-state index is 15.4. The minimum atomic E-state index is -4.46. The molecular weight excluding hydrogens is 903 g/mol. The van der Waals surface area contributed by atoms with E-state index in [-0.39, 0.29) is 33.1 Å². The van der Waals surface area contributed by atoms with Crippen LogP contribution in [0.3, 0.4) is 0 Å². The number of nitrogens with one attached hydrogen (secondary N) is 2. The van der Waals surface area contributed by atoms with Gasteiger partial charge in [0.2, 0.25) is 0 Å². The monoisotopic (exact) mass is 959 g/mol. The number of likely N-dealkylation sites (tertiary alicyclic amines) is 1. The Balaban J connectivity index is 0.959. The first kappa shape index (κ1) is 48.6. The molecule has 2 aliphatic heterocycles. The summed E-state index contributed by atoms with van der Waals surface area (Å²) in [7, 11) is -4.46. The molecule has 65 heavy (non-hydrogen) atoms. The highest BCUT2D eigenvalue weighted by Gasteiger charge is 2.32. The molecule has 2 aliphatic rings. The van der Waals surface area contributed by atoms with E-state index in [1.165, 1.54) is 23.3 Å². The number of carbonyl (C=O) groups excluding carboxylic acids is 1. The summed E-state index contributed by atoms with van der Waals surface area (Å²) in [5, 5.41) is 4.06. The van der Waals surface area contributed by atoms with E-state index in [0.29, 0.717) is 30.3 Å². The third-order valence-electron chi connectivity index (χ3n) is 12.3. The first-order valence-electron chi connectivity index (χ1n) is 22.2. The van der Waals surface area contributed by atoms with Crippen LogP contribution < -0.4 is 14.9 Å². The Morgan fingerprint density at radius 2 is 1.58 bits per heavy atom. The molecule has 16 heteroatoms. The Kier molecular flexibility index (Phi) is 17.1. The third-order valence-corrected chi connectivity index (χ3v) is 15.8. The van der Waals surface area contributed by atoms with Crippen LogP contribution in [0.4, 0.5) is 15.8 Å². The average molecular weight is 961 g/mol. The fraction of sp³-hybridized carbons (Fsp3) is 0.367. The van der Waals surface area contributed by atoms with Crippen molar-refractivity contribution in [1.29, 1.82) is 0 Å². The van der Waals surface area contributed by atoms with Gasteiger partial charge in [0.25, 0.3) is 15.9 Å². The van der Waals surface area contributed by atoms with Gasteiger partial charge in [-0.15, -0.1) is 11.8 Å². The molecule has 1 amide bonds. The van der Waals surface area contributed by atoms with Crippen LogP contribution in [0.1, 0.15) is 42.6 Å². The van der Waals surface area contributed by atoms with Crippen LogP contribution in [-0.4, -0.2) is 121 Å². The summed E-state index contributed by atoms with van der Waals surface area (Å²) >= 11 is 4.93. The largest absolute Gasteiger partial charge is 0.768 e. The number of piperidine rings is 1. The molecule has 11 nitrogen and oxygen atoms in total. The van der Waals surface area contributed by atoms with Crippen LogP contribution in [0.25, 0.3) is 11.1 Å². The van der Waals surface area contributed by atoms with Crippen LogP contribution in [-0.2, 0) is 27.6 Å². The Morgan fingerprint density at radius 1 is 0.892 bits per heavy atom. The number of anilines is 2. The molecular formula is C49H57ClFN6O5S3-. The molecule has 0 aromatic heterocycles. The van der Waals surface area contributed by atoms with Gasteiger partial charge in [-0.3, -0.25) is 18.8 Å². The number of halogens is 2. The predicted molar refractivity (Wildman–Crippen MR) is 261 cm³/mol. The van der Waals surface area contributed by atoms with E-state index in [1.807, 2.05) is 72.8 Å². The number of hydrogen-bond acceptors (Lipinski definition) is 11. The van der Waals surface area contributed by atoms with Gasteiger partial charge in [0, 0.05) is 95.4 Å². The zero-order valence-corrected chi connectivity index (χ0v) is 40.0. The molecule has 2 heterocycles. The number of alkyl halides is 1. The standard InChI is InChI=1S/C49H58ClFN6O5S3/c1-3-56(4-2)47-25-27-54(34-45(47)51)26-24-40(35-63-42-11-6-5-7-12-42)52-46-23-22-43(32-48(46)64(59)60)65(61,62)53-49(58)37-16-20-41(21-17-37)57-30-28-55(29-31-57)33-38-10-8-9-13-44(38)36-14-18-39(50)19-15-36/h5-23,32,40,45,47,52H,3-4,24-31,33-35H2,1-2H3,(H,53,58)(H,59,60)/p-1/t40-,45?,47?/m1/s1. The summed E-state index contributed by atoms with van der Waals surface area (Å²) in [5.74, 6) is -0.252. The van der Waals surface area contributed by atoms with Gasteiger partial charge >= 0.3 is 0 Å². The van der Waals surface area contributed by atoms with Crippen molar-refractivity contribution in [3.8, 4) is 11.1 Å². The van der Waals surface area contributed by atoms with E-state index >= 15 is 4.39 Å². The second kappa shape index (κ2) is 22.9. The molecule has 3 unspecified atom stereocenters. The Morgan fingerprint density at radius 3 is 2.26 bits per heavy atom. The summed E-state index contributed by atoms with van der Waals surface area (Å²) in [4.78, 5) is 22.7. The summed E-state index contributed by atoms with van der Waals surface area (Å²) < 4.78 is 69.9. The van der Waals surface area contributed by atoms with Crippen LogP contribution >= 0.6 is 23.4 Å². The van der Waals surface area contributed by atoms with Gasteiger partial charge in [0.1, 0.15) is 6.17 Å². The number of hydrogen-bond donors (Lipinski definition) is 2. The summed E-state index contributed by atoms with van der Waals surface area (Å²) in [6, 6.07) is 36.4. The molecule has 2 saturated heterocycles. The smallest absolute Gasteiger partial charge is 0.264 e. The second-order valence-electron chi connectivity index (χ2n) is 16.4. The van der Waals surface area contributed by atoms with Gasteiger partial charge in [-0.1, -0.05) is 80.0 Å². The second-order valence-corrected chi connectivity index (χ2v) is 20.6. The van der Waals surface area contributed by atoms with Crippen molar-refractivity contribution >= 4 is 61.7 Å². The maximum Gasteiger partial charge on any atom is 0.264 e. The molecule has 346 valence electrons. The van der Waals surface area contributed by atoms with Gasteiger partial charge in [-0.2, -0.15) is 0 Å². The van der Waals surface area contributed by atoms with Gasteiger partial charge in [-0.05, 0) is 127 Å². The zero-order valence-electron chi connectivity index (χ0n) is 36.8. The van der Waals surface area contributed by atoms with Gasteiger partial charge in [-0.25, -0.2) is 17.5 Å². The van der Waals surface area contributed by atoms with E-state index in [4.69, 9.17) is 11.6 Å². The Labute approximate surface area is 395 Å². The van der Waals surface area contributed by atoms with Crippen molar-refractivity contribution in [2.24, 2.45) is 0 Å². The van der Waals surface area contributed by atoms with Crippen molar-refractivity contribution in [1.82, 2.24) is 19.4 Å². The maximum absolute atomic E-state index is 15.4. The van der Waals surface area contributed by atoms with Crippen LogP contribution in [0.2, 0.25) is 5.02 Å². The molecule has 0 spiro atoms. The highest BCUT2D eigenvalue weighted by Crippen LogP contribution is 2.30. The molecule has 0 aliphatic carbocycles. The minimum Gasteiger partial charge on any atom is -0.768 e. The highest BCUT2D eigenvalue weighted by atomic mass is 35.5. The summed E-state index contributed by atoms with van der Waals surface area (Å²) in [6.07, 6.45) is 0.366. The van der Waals surface area contributed by atoms with E-state index < -0.39 is 33.2 Å². The minimum absolute atomic E-state index is 0.0981. The van der Waals surface area contributed by atoms with E-state index in [0.717, 1.165) is 81.0 Å². The molecule has 5 aromatic rings. The quantitative estimate of drug-likeness (QED) is 0.0612.